The molecule has 0 aliphatic carbocycles. The van der Waals surface area contributed by atoms with Gasteiger partial charge in [-0.1, -0.05) is 13.8 Å². The minimum atomic E-state index is -0.276. The monoisotopic (exact) mass is 192 g/mol. The maximum absolute atomic E-state index is 10.6. The number of hydrogen-bond donors (Lipinski definition) is 1. The second kappa shape index (κ2) is 4.74. The third kappa shape index (κ3) is 3.17. The molecule has 1 amide bonds. The summed E-state index contributed by atoms with van der Waals surface area (Å²) < 4.78 is 0. The van der Waals surface area contributed by atoms with Crippen LogP contribution in [0.1, 0.15) is 37.4 Å². The summed E-state index contributed by atoms with van der Waals surface area (Å²) in [5.74, 6) is 0.215. The van der Waals surface area contributed by atoms with E-state index in [-0.39, 0.29) is 5.91 Å². The van der Waals surface area contributed by atoms with Crippen molar-refractivity contribution in [2.24, 2.45) is 5.73 Å². The third-order valence-electron chi connectivity index (χ3n) is 2.13. The van der Waals surface area contributed by atoms with Crippen LogP contribution in [0.4, 0.5) is 0 Å². The molecule has 3 heteroatoms. The van der Waals surface area contributed by atoms with Gasteiger partial charge in [0.1, 0.15) is 0 Å². The molecule has 14 heavy (non-hydrogen) atoms. The van der Waals surface area contributed by atoms with Crippen LogP contribution < -0.4 is 5.73 Å². The third-order valence-corrected chi connectivity index (χ3v) is 2.13. The maximum atomic E-state index is 10.6. The minimum Gasteiger partial charge on any atom is -0.370 e. The fourth-order valence-electron chi connectivity index (χ4n) is 1.24. The number of aromatic nitrogens is 1. The van der Waals surface area contributed by atoms with Gasteiger partial charge in [-0.15, -0.1) is 0 Å². The highest BCUT2D eigenvalue weighted by Crippen LogP contribution is 2.14. The summed E-state index contributed by atoms with van der Waals surface area (Å²) in [6.45, 7) is 4.26. The van der Waals surface area contributed by atoms with Crippen molar-refractivity contribution in [2.75, 3.05) is 0 Å². The summed E-state index contributed by atoms with van der Waals surface area (Å²) in [4.78, 5) is 14.8. The second-order valence-electron chi connectivity index (χ2n) is 3.70. The van der Waals surface area contributed by atoms with E-state index >= 15 is 0 Å². The van der Waals surface area contributed by atoms with E-state index in [1.807, 2.05) is 12.1 Å². The minimum absolute atomic E-state index is 0.276. The van der Waals surface area contributed by atoms with E-state index in [1.165, 1.54) is 5.56 Å². The van der Waals surface area contributed by atoms with Crippen molar-refractivity contribution in [1.29, 1.82) is 0 Å². The average molecular weight is 192 g/mol. The molecule has 1 heterocycles. The molecule has 0 saturated carbocycles. The zero-order valence-corrected chi connectivity index (χ0v) is 8.66. The Morgan fingerprint density at radius 3 is 2.86 bits per heavy atom. The van der Waals surface area contributed by atoms with Gasteiger partial charge in [0.15, 0.2) is 0 Å². The quantitative estimate of drug-likeness (QED) is 0.788. The standard InChI is InChI=1S/C11H16N2O/c1-8(2)9-5-6-13-10(7-9)3-4-11(12)14/h5-8H,3-4H2,1-2H3,(H2,12,14). The molecule has 2 N–H and O–H groups in total. The molecule has 0 saturated heterocycles. The van der Waals surface area contributed by atoms with E-state index in [9.17, 15) is 4.79 Å². The molecular weight excluding hydrogens is 176 g/mol. The van der Waals surface area contributed by atoms with Crippen LogP contribution in [0.2, 0.25) is 0 Å². The van der Waals surface area contributed by atoms with Crippen LogP contribution in [0.25, 0.3) is 0 Å². The van der Waals surface area contributed by atoms with E-state index < -0.39 is 0 Å². The molecule has 0 spiro atoms. The Hall–Kier alpha value is -1.38. The van der Waals surface area contributed by atoms with Crippen molar-refractivity contribution < 1.29 is 4.79 Å². The van der Waals surface area contributed by atoms with Gasteiger partial charge in [-0.05, 0) is 30.0 Å². The first-order valence-corrected chi connectivity index (χ1v) is 4.82. The van der Waals surface area contributed by atoms with Gasteiger partial charge in [0.25, 0.3) is 0 Å². The molecule has 0 fully saturated rings. The van der Waals surface area contributed by atoms with Gasteiger partial charge in [-0.3, -0.25) is 9.78 Å². The van der Waals surface area contributed by atoms with Crippen LogP contribution in [0, 0.1) is 0 Å². The normalized spacial score (nSPS) is 10.5. The topological polar surface area (TPSA) is 56.0 Å². The van der Waals surface area contributed by atoms with E-state index in [1.54, 1.807) is 6.20 Å². The largest absolute Gasteiger partial charge is 0.370 e. The predicted molar refractivity (Wildman–Crippen MR) is 55.8 cm³/mol. The van der Waals surface area contributed by atoms with Crippen molar-refractivity contribution in [2.45, 2.75) is 32.6 Å². The molecule has 0 unspecified atom stereocenters. The van der Waals surface area contributed by atoms with Crippen LogP contribution in [0.15, 0.2) is 18.3 Å². The fraction of sp³-hybridized carbons (Fsp3) is 0.455. The molecule has 0 aliphatic heterocycles. The second-order valence-corrected chi connectivity index (χ2v) is 3.70. The molecule has 1 aromatic rings. The summed E-state index contributed by atoms with van der Waals surface area (Å²) in [7, 11) is 0. The van der Waals surface area contributed by atoms with Crippen LogP contribution in [0.5, 0.6) is 0 Å². The van der Waals surface area contributed by atoms with E-state index in [4.69, 9.17) is 5.73 Å². The Bertz CT molecular complexity index is 321. The van der Waals surface area contributed by atoms with Gasteiger partial charge >= 0.3 is 0 Å². The number of nitrogens with two attached hydrogens (primary N) is 1. The zero-order chi connectivity index (χ0) is 10.6. The average Bonchev–Trinajstić information content (AvgIpc) is 2.15. The number of amides is 1. The first-order valence-electron chi connectivity index (χ1n) is 4.82. The molecule has 0 atom stereocenters. The van der Waals surface area contributed by atoms with Gasteiger partial charge < -0.3 is 5.73 Å². The van der Waals surface area contributed by atoms with Gasteiger partial charge in [-0.2, -0.15) is 0 Å². The van der Waals surface area contributed by atoms with Gasteiger partial charge in [-0.25, -0.2) is 0 Å². The summed E-state index contributed by atoms with van der Waals surface area (Å²) in [6, 6.07) is 4.03. The molecule has 76 valence electrons. The summed E-state index contributed by atoms with van der Waals surface area (Å²) in [5, 5.41) is 0. The highest BCUT2D eigenvalue weighted by Gasteiger charge is 2.02. The van der Waals surface area contributed by atoms with Crippen molar-refractivity contribution >= 4 is 5.91 Å². The van der Waals surface area contributed by atoms with Crippen molar-refractivity contribution in [3.8, 4) is 0 Å². The Labute approximate surface area is 84.3 Å². The summed E-state index contributed by atoms with van der Waals surface area (Å²) in [5.41, 5.74) is 7.26. The lowest BCUT2D eigenvalue weighted by Crippen LogP contribution is -2.11. The number of hydrogen-bond acceptors (Lipinski definition) is 2. The Morgan fingerprint density at radius 1 is 1.57 bits per heavy atom. The van der Waals surface area contributed by atoms with Gasteiger partial charge in [0.2, 0.25) is 5.91 Å². The van der Waals surface area contributed by atoms with Gasteiger partial charge in [0.05, 0.1) is 0 Å². The smallest absolute Gasteiger partial charge is 0.217 e. The number of rotatable bonds is 4. The fourth-order valence-corrected chi connectivity index (χ4v) is 1.24. The van der Waals surface area contributed by atoms with Crippen molar-refractivity contribution in [3.05, 3.63) is 29.6 Å². The number of primary amides is 1. The molecule has 1 rings (SSSR count). The van der Waals surface area contributed by atoms with E-state index in [0.717, 1.165) is 5.69 Å². The Kier molecular flexibility index (Phi) is 3.63. The molecule has 0 bridgehead atoms. The maximum Gasteiger partial charge on any atom is 0.217 e. The molecule has 3 nitrogen and oxygen atoms in total. The Balaban J connectivity index is 2.68. The molecule has 0 aliphatic rings. The lowest BCUT2D eigenvalue weighted by Gasteiger charge is -2.06. The SMILES string of the molecule is CC(C)c1ccnc(CCC(N)=O)c1. The number of aryl methyl sites for hydroxylation is 1. The predicted octanol–water partition coefficient (Wildman–Crippen LogP) is 1.62. The van der Waals surface area contributed by atoms with Crippen molar-refractivity contribution in [1.82, 2.24) is 4.98 Å². The van der Waals surface area contributed by atoms with Crippen LogP contribution >= 0.6 is 0 Å². The highest BCUT2D eigenvalue weighted by molar-refractivity contribution is 5.73. The number of carbonyl (C=O) groups excluding carboxylic acids is 1. The molecular formula is C11H16N2O. The first-order chi connectivity index (χ1) is 6.59. The van der Waals surface area contributed by atoms with E-state index in [0.29, 0.717) is 18.8 Å². The van der Waals surface area contributed by atoms with Crippen LogP contribution in [-0.4, -0.2) is 10.9 Å². The lowest BCUT2D eigenvalue weighted by atomic mass is 10.0. The Morgan fingerprint density at radius 2 is 2.29 bits per heavy atom. The van der Waals surface area contributed by atoms with E-state index in [2.05, 4.69) is 18.8 Å². The molecule has 0 aromatic carbocycles. The summed E-state index contributed by atoms with van der Waals surface area (Å²) in [6.07, 6.45) is 2.79. The first kappa shape index (κ1) is 10.7. The van der Waals surface area contributed by atoms with Crippen LogP contribution in [0.3, 0.4) is 0 Å². The lowest BCUT2D eigenvalue weighted by molar-refractivity contribution is -0.118. The van der Waals surface area contributed by atoms with Crippen molar-refractivity contribution in [3.63, 3.8) is 0 Å². The summed E-state index contributed by atoms with van der Waals surface area (Å²) >= 11 is 0. The molecule has 1 aromatic heterocycles. The van der Waals surface area contributed by atoms with Crippen LogP contribution in [-0.2, 0) is 11.2 Å². The number of pyridine rings is 1. The van der Waals surface area contributed by atoms with Gasteiger partial charge in [0, 0.05) is 18.3 Å². The zero-order valence-electron chi connectivity index (χ0n) is 8.66. The highest BCUT2D eigenvalue weighted by atomic mass is 16.1. The number of nitrogens with zero attached hydrogens (tertiary/aromatic N) is 1. The molecule has 0 radical (unpaired) electrons. The number of carbonyl (C=O) groups is 1.